The molecule has 0 radical (unpaired) electrons. The summed E-state index contributed by atoms with van der Waals surface area (Å²) in [4.78, 5) is 2.33. The molecule has 0 unspecified atom stereocenters. The van der Waals surface area contributed by atoms with Crippen LogP contribution in [0.4, 0.5) is 0 Å². The van der Waals surface area contributed by atoms with Crippen molar-refractivity contribution in [2.24, 2.45) is 0 Å². The third-order valence-corrected chi connectivity index (χ3v) is 4.97. The third kappa shape index (κ3) is 5.21. The molecule has 0 fully saturated rings. The van der Waals surface area contributed by atoms with E-state index in [0.29, 0.717) is 13.2 Å². The molecule has 0 saturated carbocycles. The molecule has 6 heteroatoms. The second kappa shape index (κ2) is 8.83. The van der Waals surface area contributed by atoms with E-state index in [1.807, 2.05) is 0 Å². The standard InChI is InChI=1S/C14H28NO4P/c1-5-15(6-2)12-13-10-9-11-14(13)19-20(16,17-7-3)18-8-4/h5-12H2,1-4H3. The Hall–Kier alpha value is -0.350. The molecular formula is C14H28NO4P. The van der Waals surface area contributed by atoms with Crippen molar-refractivity contribution < 1.29 is 18.1 Å². The van der Waals surface area contributed by atoms with Crippen molar-refractivity contribution in [2.45, 2.75) is 47.0 Å². The lowest BCUT2D eigenvalue weighted by atomic mass is 10.2. The van der Waals surface area contributed by atoms with Crippen LogP contribution in [-0.4, -0.2) is 37.7 Å². The summed E-state index contributed by atoms with van der Waals surface area (Å²) >= 11 is 0. The first-order valence-corrected chi connectivity index (χ1v) is 9.06. The topological polar surface area (TPSA) is 48.0 Å². The van der Waals surface area contributed by atoms with E-state index in [4.69, 9.17) is 13.6 Å². The molecule has 0 spiro atoms. The van der Waals surface area contributed by atoms with E-state index in [9.17, 15) is 4.57 Å². The second-order valence-corrected chi connectivity index (χ2v) is 6.31. The summed E-state index contributed by atoms with van der Waals surface area (Å²) in [6.45, 7) is 11.4. The summed E-state index contributed by atoms with van der Waals surface area (Å²) in [6.07, 6.45) is 2.87. The third-order valence-electron chi connectivity index (χ3n) is 3.38. The van der Waals surface area contributed by atoms with Crippen LogP contribution in [0, 0.1) is 0 Å². The van der Waals surface area contributed by atoms with Gasteiger partial charge in [-0.25, -0.2) is 4.57 Å². The van der Waals surface area contributed by atoms with Crippen molar-refractivity contribution >= 4 is 7.82 Å². The average Bonchev–Trinajstić information content (AvgIpc) is 2.83. The molecule has 0 aliphatic heterocycles. The van der Waals surface area contributed by atoms with Crippen LogP contribution in [0.2, 0.25) is 0 Å². The van der Waals surface area contributed by atoms with E-state index in [1.165, 1.54) is 5.57 Å². The van der Waals surface area contributed by atoms with Gasteiger partial charge in [0.05, 0.1) is 13.2 Å². The van der Waals surface area contributed by atoms with Crippen molar-refractivity contribution in [1.82, 2.24) is 4.90 Å². The fourth-order valence-electron chi connectivity index (χ4n) is 2.31. The molecule has 0 aromatic rings. The van der Waals surface area contributed by atoms with E-state index in [1.54, 1.807) is 13.8 Å². The SMILES string of the molecule is CCOP(=O)(OCC)OC1=C(CN(CC)CC)CCC1. The summed E-state index contributed by atoms with van der Waals surface area (Å²) in [5, 5.41) is 0. The summed E-state index contributed by atoms with van der Waals surface area (Å²) < 4.78 is 28.5. The predicted octanol–water partition coefficient (Wildman–Crippen LogP) is 3.96. The monoisotopic (exact) mass is 305 g/mol. The van der Waals surface area contributed by atoms with Gasteiger partial charge >= 0.3 is 7.82 Å². The summed E-state index contributed by atoms with van der Waals surface area (Å²) in [5.41, 5.74) is 1.23. The minimum atomic E-state index is -3.44. The van der Waals surface area contributed by atoms with Gasteiger partial charge in [0.1, 0.15) is 5.76 Å². The van der Waals surface area contributed by atoms with Crippen molar-refractivity contribution in [3.63, 3.8) is 0 Å². The van der Waals surface area contributed by atoms with Gasteiger partial charge in [-0.15, -0.1) is 0 Å². The lowest BCUT2D eigenvalue weighted by molar-refractivity contribution is 0.143. The van der Waals surface area contributed by atoms with Crippen LogP contribution in [0.15, 0.2) is 11.3 Å². The van der Waals surface area contributed by atoms with Gasteiger partial charge in [0.2, 0.25) is 0 Å². The van der Waals surface area contributed by atoms with Crippen molar-refractivity contribution in [3.8, 4) is 0 Å². The normalized spacial score (nSPS) is 16.2. The maximum Gasteiger partial charge on any atom is 0.529 e. The molecule has 0 atom stereocenters. The smallest absolute Gasteiger partial charge is 0.409 e. The van der Waals surface area contributed by atoms with Gasteiger partial charge in [-0.1, -0.05) is 13.8 Å². The molecule has 0 amide bonds. The second-order valence-electron chi connectivity index (χ2n) is 4.72. The molecule has 1 aliphatic carbocycles. The number of phosphoric acid groups is 1. The Morgan fingerprint density at radius 3 is 2.15 bits per heavy atom. The number of phosphoric ester groups is 1. The highest BCUT2D eigenvalue weighted by Crippen LogP contribution is 2.53. The molecule has 0 heterocycles. The number of rotatable bonds is 10. The van der Waals surface area contributed by atoms with E-state index in [-0.39, 0.29) is 0 Å². The highest BCUT2D eigenvalue weighted by atomic mass is 31.2. The first kappa shape index (κ1) is 17.7. The Kier molecular flexibility index (Phi) is 7.82. The zero-order valence-corrected chi connectivity index (χ0v) is 14.1. The van der Waals surface area contributed by atoms with Gasteiger partial charge in [0, 0.05) is 13.0 Å². The van der Waals surface area contributed by atoms with Gasteiger partial charge in [-0.05, 0) is 45.4 Å². The van der Waals surface area contributed by atoms with Crippen LogP contribution >= 0.6 is 7.82 Å². The largest absolute Gasteiger partial charge is 0.529 e. The molecule has 5 nitrogen and oxygen atoms in total. The fraction of sp³-hybridized carbons (Fsp3) is 0.857. The number of hydrogen-bond acceptors (Lipinski definition) is 5. The predicted molar refractivity (Wildman–Crippen MR) is 80.6 cm³/mol. The Labute approximate surface area is 122 Å². The lowest BCUT2D eigenvalue weighted by Crippen LogP contribution is -2.25. The van der Waals surface area contributed by atoms with E-state index >= 15 is 0 Å². The zero-order valence-electron chi connectivity index (χ0n) is 13.2. The van der Waals surface area contributed by atoms with Gasteiger partial charge < -0.3 is 4.52 Å². The molecule has 118 valence electrons. The highest BCUT2D eigenvalue weighted by molar-refractivity contribution is 7.48. The number of nitrogens with zero attached hydrogens (tertiary/aromatic N) is 1. The van der Waals surface area contributed by atoms with Crippen LogP contribution in [0.25, 0.3) is 0 Å². The molecule has 1 rings (SSSR count). The van der Waals surface area contributed by atoms with Crippen LogP contribution < -0.4 is 0 Å². The lowest BCUT2D eigenvalue weighted by Gasteiger charge is -2.22. The Balaban J connectivity index is 2.77. The van der Waals surface area contributed by atoms with E-state index in [2.05, 4.69) is 18.7 Å². The van der Waals surface area contributed by atoms with Crippen LogP contribution in [0.1, 0.15) is 47.0 Å². The van der Waals surface area contributed by atoms with Gasteiger partial charge in [0.15, 0.2) is 0 Å². The Bertz CT molecular complexity index is 356. The summed E-state index contributed by atoms with van der Waals surface area (Å²) in [6, 6.07) is 0. The van der Waals surface area contributed by atoms with Crippen molar-refractivity contribution in [2.75, 3.05) is 32.8 Å². The summed E-state index contributed by atoms with van der Waals surface area (Å²) in [5.74, 6) is 0.808. The minimum Gasteiger partial charge on any atom is -0.409 e. The fourth-order valence-corrected chi connectivity index (χ4v) is 3.62. The van der Waals surface area contributed by atoms with E-state index < -0.39 is 7.82 Å². The number of hydrogen-bond donors (Lipinski definition) is 0. The molecule has 20 heavy (non-hydrogen) atoms. The maximum absolute atomic E-state index is 12.4. The van der Waals surface area contributed by atoms with Crippen molar-refractivity contribution in [3.05, 3.63) is 11.3 Å². The molecule has 0 aromatic carbocycles. The van der Waals surface area contributed by atoms with Crippen LogP contribution in [0.5, 0.6) is 0 Å². The zero-order chi connectivity index (χ0) is 15.0. The molecule has 0 bridgehead atoms. The van der Waals surface area contributed by atoms with Crippen LogP contribution in [0.3, 0.4) is 0 Å². The van der Waals surface area contributed by atoms with E-state index in [0.717, 1.165) is 44.7 Å². The number of likely N-dealkylation sites (N-methyl/N-ethyl adjacent to an activating group) is 1. The van der Waals surface area contributed by atoms with Gasteiger partial charge in [0.25, 0.3) is 0 Å². The van der Waals surface area contributed by atoms with Gasteiger partial charge in [-0.3, -0.25) is 13.9 Å². The highest BCUT2D eigenvalue weighted by Gasteiger charge is 2.31. The summed E-state index contributed by atoms with van der Waals surface area (Å²) in [7, 11) is -3.44. The minimum absolute atomic E-state index is 0.315. The first-order valence-electron chi connectivity index (χ1n) is 7.60. The number of allylic oxidation sites excluding steroid dienone is 1. The molecule has 0 N–H and O–H groups in total. The molecule has 0 aromatic heterocycles. The van der Waals surface area contributed by atoms with Gasteiger partial charge in [-0.2, -0.15) is 0 Å². The Morgan fingerprint density at radius 1 is 1.05 bits per heavy atom. The molecular weight excluding hydrogens is 277 g/mol. The maximum atomic E-state index is 12.4. The average molecular weight is 305 g/mol. The van der Waals surface area contributed by atoms with Crippen LogP contribution in [-0.2, 0) is 18.1 Å². The van der Waals surface area contributed by atoms with Crippen molar-refractivity contribution in [1.29, 1.82) is 0 Å². The first-order chi connectivity index (χ1) is 9.58. The quantitative estimate of drug-likeness (QED) is 0.572. The molecule has 1 aliphatic rings. The Morgan fingerprint density at radius 2 is 1.65 bits per heavy atom. The molecule has 0 saturated heterocycles.